The van der Waals surface area contributed by atoms with Crippen LogP contribution in [0, 0.1) is 18.3 Å². The molecule has 0 bridgehead atoms. The van der Waals surface area contributed by atoms with Crippen LogP contribution in [-0.2, 0) is 11.2 Å². The van der Waals surface area contributed by atoms with Crippen molar-refractivity contribution >= 4 is 5.91 Å². The predicted octanol–water partition coefficient (Wildman–Crippen LogP) is 2.83. The second-order valence-corrected chi connectivity index (χ2v) is 5.55. The maximum Gasteiger partial charge on any atom is 0.223 e. The van der Waals surface area contributed by atoms with Crippen molar-refractivity contribution in [2.75, 3.05) is 13.1 Å². The molecule has 1 saturated heterocycles. The second-order valence-electron chi connectivity index (χ2n) is 5.55. The third-order valence-corrected chi connectivity index (χ3v) is 3.77. The van der Waals surface area contributed by atoms with Crippen molar-refractivity contribution < 1.29 is 4.79 Å². The Labute approximate surface area is 115 Å². The van der Waals surface area contributed by atoms with Gasteiger partial charge in [0.2, 0.25) is 5.91 Å². The van der Waals surface area contributed by atoms with Crippen LogP contribution < -0.4 is 0 Å². The Morgan fingerprint density at radius 1 is 1.37 bits per heavy atom. The zero-order chi connectivity index (χ0) is 13.8. The molecule has 2 rings (SSSR count). The molecule has 2 nitrogen and oxygen atoms in total. The molecular weight excluding hydrogens is 234 g/mol. The van der Waals surface area contributed by atoms with Gasteiger partial charge in [0.05, 0.1) is 0 Å². The molecule has 1 fully saturated rings. The fourth-order valence-corrected chi connectivity index (χ4v) is 2.43. The van der Waals surface area contributed by atoms with Gasteiger partial charge in [0.25, 0.3) is 0 Å². The summed E-state index contributed by atoms with van der Waals surface area (Å²) in [7, 11) is 0. The van der Waals surface area contributed by atoms with Crippen LogP contribution in [0.15, 0.2) is 24.3 Å². The molecule has 19 heavy (non-hydrogen) atoms. The standard InChI is InChI=1S/C17H21NO/c1-4-14-11-17(19)18(12-14)10-9-15-5-7-16(8-6-15)13(2)3/h1,5-8,13-14H,9-12H2,2-3H3. The second kappa shape index (κ2) is 5.93. The Bertz CT molecular complexity index is 481. The highest BCUT2D eigenvalue weighted by Crippen LogP contribution is 2.18. The van der Waals surface area contributed by atoms with Gasteiger partial charge in [0.1, 0.15) is 0 Å². The van der Waals surface area contributed by atoms with Crippen molar-refractivity contribution in [2.45, 2.75) is 32.6 Å². The SMILES string of the molecule is C#CC1CC(=O)N(CCc2ccc(C(C)C)cc2)C1. The highest BCUT2D eigenvalue weighted by molar-refractivity contribution is 5.79. The van der Waals surface area contributed by atoms with E-state index in [2.05, 4.69) is 44.0 Å². The molecule has 0 spiro atoms. The van der Waals surface area contributed by atoms with E-state index in [1.807, 2.05) is 4.90 Å². The molecule has 0 radical (unpaired) electrons. The van der Waals surface area contributed by atoms with Gasteiger partial charge in [-0.15, -0.1) is 12.3 Å². The molecule has 1 unspecified atom stereocenters. The van der Waals surface area contributed by atoms with Crippen molar-refractivity contribution in [3.05, 3.63) is 35.4 Å². The molecule has 1 atom stereocenters. The van der Waals surface area contributed by atoms with Crippen LogP contribution >= 0.6 is 0 Å². The van der Waals surface area contributed by atoms with E-state index < -0.39 is 0 Å². The molecule has 0 aliphatic carbocycles. The van der Waals surface area contributed by atoms with E-state index in [9.17, 15) is 4.79 Å². The summed E-state index contributed by atoms with van der Waals surface area (Å²) < 4.78 is 0. The van der Waals surface area contributed by atoms with E-state index in [-0.39, 0.29) is 11.8 Å². The summed E-state index contributed by atoms with van der Waals surface area (Å²) >= 11 is 0. The molecule has 1 heterocycles. The number of hydrogen-bond donors (Lipinski definition) is 0. The van der Waals surface area contributed by atoms with E-state index in [0.717, 1.165) is 19.5 Å². The topological polar surface area (TPSA) is 20.3 Å². The molecule has 1 aromatic carbocycles. The van der Waals surface area contributed by atoms with Gasteiger partial charge in [-0.1, -0.05) is 38.1 Å². The van der Waals surface area contributed by atoms with Crippen LogP contribution in [0.2, 0.25) is 0 Å². The Kier molecular flexibility index (Phi) is 4.27. The molecule has 1 aliphatic heterocycles. The number of carbonyl (C=O) groups excluding carboxylic acids is 1. The first kappa shape index (κ1) is 13.7. The molecule has 2 heteroatoms. The lowest BCUT2D eigenvalue weighted by molar-refractivity contribution is -0.127. The van der Waals surface area contributed by atoms with Crippen molar-refractivity contribution in [3.63, 3.8) is 0 Å². The van der Waals surface area contributed by atoms with Crippen LogP contribution in [0.25, 0.3) is 0 Å². The monoisotopic (exact) mass is 255 g/mol. The molecule has 0 saturated carbocycles. The van der Waals surface area contributed by atoms with E-state index >= 15 is 0 Å². The lowest BCUT2D eigenvalue weighted by Gasteiger charge is -2.16. The number of carbonyl (C=O) groups is 1. The number of likely N-dealkylation sites (tertiary alicyclic amines) is 1. The fourth-order valence-electron chi connectivity index (χ4n) is 2.43. The van der Waals surface area contributed by atoms with Gasteiger partial charge >= 0.3 is 0 Å². The van der Waals surface area contributed by atoms with E-state index in [0.29, 0.717) is 12.3 Å². The molecule has 1 aromatic rings. The maximum absolute atomic E-state index is 11.7. The zero-order valence-corrected chi connectivity index (χ0v) is 11.7. The Morgan fingerprint density at radius 2 is 2.05 bits per heavy atom. The average Bonchev–Trinajstić information content (AvgIpc) is 2.77. The van der Waals surface area contributed by atoms with Gasteiger partial charge in [-0.2, -0.15) is 0 Å². The van der Waals surface area contributed by atoms with Gasteiger partial charge in [-0.05, 0) is 23.5 Å². The largest absolute Gasteiger partial charge is 0.341 e. The van der Waals surface area contributed by atoms with Crippen molar-refractivity contribution in [1.82, 2.24) is 4.90 Å². The average molecular weight is 255 g/mol. The number of nitrogens with zero attached hydrogens (tertiary/aromatic N) is 1. The van der Waals surface area contributed by atoms with Crippen molar-refractivity contribution in [2.24, 2.45) is 5.92 Å². The number of terminal acetylenes is 1. The smallest absolute Gasteiger partial charge is 0.223 e. The number of hydrogen-bond acceptors (Lipinski definition) is 1. The fraction of sp³-hybridized carbons (Fsp3) is 0.471. The molecular formula is C17H21NO. The zero-order valence-electron chi connectivity index (χ0n) is 11.7. The van der Waals surface area contributed by atoms with Crippen molar-refractivity contribution in [3.8, 4) is 12.3 Å². The number of benzene rings is 1. The minimum atomic E-state index is 0.107. The highest BCUT2D eigenvalue weighted by atomic mass is 16.2. The minimum Gasteiger partial charge on any atom is -0.341 e. The van der Waals surface area contributed by atoms with Gasteiger partial charge < -0.3 is 4.90 Å². The molecule has 0 aromatic heterocycles. The summed E-state index contributed by atoms with van der Waals surface area (Å²) in [4.78, 5) is 13.6. The highest BCUT2D eigenvalue weighted by Gasteiger charge is 2.27. The van der Waals surface area contributed by atoms with E-state index in [4.69, 9.17) is 6.42 Å². The summed E-state index contributed by atoms with van der Waals surface area (Å²) in [6.07, 6.45) is 6.80. The van der Waals surface area contributed by atoms with Gasteiger partial charge in [0.15, 0.2) is 0 Å². The molecule has 0 N–H and O–H groups in total. The number of rotatable bonds is 4. The van der Waals surface area contributed by atoms with Gasteiger partial charge in [-0.3, -0.25) is 4.79 Å². The Balaban J connectivity index is 1.89. The summed E-state index contributed by atoms with van der Waals surface area (Å²) in [5.41, 5.74) is 2.63. The molecule has 1 amide bonds. The van der Waals surface area contributed by atoms with Gasteiger partial charge in [-0.25, -0.2) is 0 Å². The van der Waals surface area contributed by atoms with Crippen LogP contribution in [0.5, 0.6) is 0 Å². The third-order valence-electron chi connectivity index (χ3n) is 3.77. The first-order valence-electron chi connectivity index (χ1n) is 6.93. The minimum absolute atomic E-state index is 0.107. The first-order chi connectivity index (χ1) is 9.10. The predicted molar refractivity (Wildman–Crippen MR) is 77.8 cm³/mol. The van der Waals surface area contributed by atoms with E-state index in [1.165, 1.54) is 11.1 Å². The lowest BCUT2D eigenvalue weighted by atomic mass is 10.0. The summed E-state index contributed by atoms with van der Waals surface area (Å²) in [6.45, 7) is 5.88. The van der Waals surface area contributed by atoms with E-state index in [1.54, 1.807) is 0 Å². The molecule has 1 aliphatic rings. The maximum atomic E-state index is 11.7. The Morgan fingerprint density at radius 3 is 2.58 bits per heavy atom. The summed E-state index contributed by atoms with van der Waals surface area (Å²) in [5.74, 6) is 3.54. The van der Waals surface area contributed by atoms with Gasteiger partial charge in [0, 0.05) is 25.4 Å². The normalized spacial score (nSPS) is 18.9. The van der Waals surface area contributed by atoms with Crippen LogP contribution in [0.4, 0.5) is 0 Å². The Hall–Kier alpha value is -1.75. The molecule has 100 valence electrons. The first-order valence-corrected chi connectivity index (χ1v) is 6.93. The van der Waals surface area contributed by atoms with Crippen LogP contribution in [-0.4, -0.2) is 23.9 Å². The number of amides is 1. The van der Waals surface area contributed by atoms with Crippen LogP contribution in [0.1, 0.15) is 37.3 Å². The van der Waals surface area contributed by atoms with Crippen molar-refractivity contribution in [1.29, 1.82) is 0 Å². The van der Waals surface area contributed by atoms with Crippen LogP contribution in [0.3, 0.4) is 0 Å². The lowest BCUT2D eigenvalue weighted by Crippen LogP contribution is -2.27. The summed E-state index contributed by atoms with van der Waals surface area (Å²) in [6, 6.07) is 8.68. The quantitative estimate of drug-likeness (QED) is 0.758. The summed E-state index contributed by atoms with van der Waals surface area (Å²) in [5, 5.41) is 0. The third kappa shape index (κ3) is 3.38.